The highest BCUT2D eigenvalue weighted by Gasteiger charge is 2.24. The van der Waals surface area contributed by atoms with Gasteiger partial charge >= 0.3 is 0 Å². The maximum absolute atomic E-state index is 11.4. The maximum atomic E-state index is 11.4. The van der Waals surface area contributed by atoms with Crippen LogP contribution in [0.2, 0.25) is 0 Å². The summed E-state index contributed by atoms with van der Waals surface area (Å²) in [6, 6.07) is 0. The van der Waals surface area contributed by atoms with Crippen LogP contribution in [0, 0.1) is 6.92 Å². The van der Waals surface area contributed by atoms with Crippen molar-refractivity contribution in [1.29, 1.82) is 0 Å². The first-order chi connectivity index (χ1) is 15.0. The van der Waals surface area contributed by atoms with E-state index in [4.69, 9.17) is 21.3 Å². The van der Waals surface area contributed by atoms with Gasteiger partial charge in [0.05, 0.1) is 28.7 Å². The fourth-order valence-electron chi connectivity index (χ4n) is 2.98. The molecule has 0 fully saturated rings. The third-order valence-electron chi connectivity index (χ3n) is 4.64. The Bertz CT molecular complexity index is 1070. The number of hydrazone groups is 1. The van der Waals surface area contributed by atoms with Crippen LogP contribution in [0.5, 0.6) is 0 Å². The second kappa shape index (κ2) is 10.6. The predicted octanol–water partition coefficient (Wildman–Crippen LogP) is 1.62. The topological polar surface area (TPSA) is 137 Å². The van der Waals surface area contributed by atoms with E-state index >= 15 is 0 Å². The molecule has 0 aliphatic rings. The molecule has 1 atom stereocenters. The molecule has 10 nitrogen and oxygen atoms in total. The summed E-state index contributed by atoms with van der Waals surface area (Å²) in [5.74, 6) is 5.24. The lowest BCUT2D eigenvalue weighted by atomic mass is 10.3. The molecular formula is C19H26N8O2S2. The number of hydrogen-bond acceptors (Lipinski definition) is 10. The number of hydrazine groups is 1. The van der Waals surface area contributed by atoms with Gasteiger partial charge in [-0.05, 0) is 19.9 Å². The third kappa shape index (κ3) is 5.17. The Morgan fingerprint density at radius 1 is 1.52 bits per heavy atom. The fourth-order valence-corrected chi connectivity index (χ4v) is 4.77. The third-order valence-corrected chi connectivity index (χ3v) is 6.37. The second-order valence-corrected chi connectivity index (χ2v) is 8.40. The Kier molecular flexibility index (Phi) is 7.87. The minimum atomic E-state index is -0.314. The van der Waals surface area contributed by atoms with Gasteiger partial charge in [0.2, 0.25) is 6.41 Å². The summed E-state index contributed by atoms with van der Waals surface area (Å²) < 4.78 is 8.91. The number of fused-ring (bicyclic) bond motifs is 1. The van der Waals surface area contributed by atoms with E-state index in [1.807, 2.05) is 30.8 Å². The van der Waals surface area contributed by atoms with E-state index in [-0.39, 0.29) is 12.6 Å². The van der Waals surface area contributed by atoms with Gasteiger partial charge in [0.15, 0.2) is 11.8 Å². The van der Waals surface area contributed by atoms with Crippen LogP contribution in [-0.2, 0) is 16.6 Å². The molecule has 0 bridgehead atoms. The Labute approximate surface area is 188 Å². The normalized spacial score (nSPS) is 13.4. The van der Waals surface area contributed by atoms with Crippen molar-refractivity contribution in [2.75, 3.05) is 19.7 Å². The molecule has 3 heterocycles. The van der Waals surface area contributed by atoms with Crippen molar-refractivity contribution in [1.82, 2.24) is 25.0 Å². The van der Waals surface area contributed by atoms with Crippen molar-refractivity contribution in [3.8, 4) is 0 Å². The fraction of sp³-hybridized carbons (Fsp3) is 0.368. The molecule has 0 saturated heterocycles. The standard InChI is InChI=1S/C19H26N8O2S2/c1-4-29-16(15-9-30-10-22-15)19-25-18-17(31-19)14(12(2)26(18)3)7-24-27(11-28)8-13(20)5-6-23-21/h5,7,9-11,16,23H,4,6,8,20-21H2,1-3H3/b13-5?,24-7-. The van der Waals surface area contributed by atoms with E-state index in [0.29, 0.717) is 25.3 Å². The van der Waals surface area contributed by atoms with Gasteiger partial charge in [-0.15, -0.1) is 22.7 Å². The van der Waals surface area contributed by atoms with Gasteiger partial charge in [-0.1, -0.05) is 0 Å². The van der Waals surface area contributed by atoms with E-state index in [0.717, 1.165) is 32.3 Å². The second-order valence-electron chi connectivity index (χ2n) is 6.65. The number of hydrogen-bond donors (Lipinski definition) is 3. The molecule has 3 aromatic heterocycles. The van der Waals surface area contributed by atoms with E-state index in [1.54, 1.807) is 29.1 Å². The summed E-state index contributed by atoms with van der Waals surface area (Å²) >= 11 is 3.07. The van der Waals surface area contributed by atoms with E-state index in [9.17, 15) is 4.79 Å². The molecule has 1 amide bonds. The van der Waals surface area contributed by atoms with Crippen LogP contribution in [0.4, 0.5) is 0 Å². The lowest BCUT2D eigenvalue weighted by Crippen LogP contribution is -2.25. The molecule has 12 heteroatoms. The van der Waals surface area contributed by atoms with Gasteiger partial charge in [0.1, 0.15) is 5.01 Å². The van der Waals surface area contributed by atoms with Gasteiger partial charge in [-0.3, -0.25) is 16.1 Å². The number of aryl methyl sites for hydroxylation is 1. The molecule has 0 aliphatic carbocycles. The summed E-state index contributed by atoms with van der Waals surface area (Å²) in [7, 11) is 1.95. The summed E-state index contributed by atoms with van der Waals surface area (Å²) in [6.07, 6.45) is 3.68. The molecule has 3 aromatic rings. The van der Waals surface area contributed by atoms with Gasteiger partial charge in [0.25, 0.3) is 0 Å². The molecule has 0 aromatic carbocycles. The number of nitrogens with one attached hydrogen (secondary N) is 1. The number of carbonyl (C=O) groups excluding carboxylic acids is 1. The Balaban J connectivity index is 1.92. The van der Waals surface area contributed by atoms with Crippen LogP contribution < -0.4 is 17.0 Å². The van der Waals surface area contributed by atoms with Crippen LogP contribution in [0.15, 0.2) is 27.8 Å². The number of nitrogens with zero attached hydrogens (tertiary/aromatic N) is 5. The molecule has 31 heavy (non-hydrogen) atoms. The van der Waals surface area contributed by atoms with E-state index in [1.165, 1.54) is 16.3 Å². The molecule has 0 radical (unpaired) electrons. The number of rotatable bonds is 11. The molecule has 0 spiro atoms. The predicted molar refractivity (Wildman–Crippen MR) is 124 cm³/mol. The molecule has 0 aliphatic heterocycles. The van der Waals surface area contributed by atoms with Crippen LogP contribution in [0.3, 0.4) is 0 Å². The molecule has 3 rings (SSSR count). The first-order valence-corrected chi connectivity index (χ1v) is 11.3. The summed E-state index contributed by atoms with van der Waals surface area (Å²) in [6.45, 7) is 5.06. The maximum Gasteiger partial charge on any atom is 0.230 e. The van der Waals surface area contributed by atoms with Crippen molar-refractivity contribution < 1.29 is 9.53 Å². The van der Waals surface area contributed by atoms with Crippen molar-refractivity contribution in [3.05, 3.63) is 44.6 Å². The van der Waals surface area contributed by atoms with Gasteiger partial charge in [-0.2, -0.15) is 5.10 Å². The van der Waals surface area contributed by atoms with Crippen molar-refractivity contribution >= 4 is 45.6 Å². The Hall–Kier alpha value is -2.64. The first-order valence-electron chi connectivity index (χ1n) is 9.59. The van der Waals surface area contributed by atoms with Gasteiger partial charge in [0, 0.05) is 42.5 Å². The summed E-state index contributed by atoms with van der Waals surface area (Å²) in [5, 5.41) is 8.36. The SMILES string of the molecule is CCOC(c1cscn1)c1nc2c(s1)c(/C=N\N(C=O)CC(N)=CCNN)c(C)n2C. The zero-order valence-electron chi connectivity index (χ0n) is 17.6. The largest absolute Gasteiger partial charge is 0.401 e. The van der Waals surface area contributed by atoms with Gasteiger partial charge < -0.3 is 15.0 Å². The van der Waals surface area contributed by atoms with Crippen molar-refractivity contribution in [2.24, 2.45) is 23.7 Å². The highest BCUT2D eigenvalue weighted by molar-refractivity contribution is 7.19. The van der Waals surface area contributed by atoms with Gasteiger partial charge in [-0.25, -0.2) is 15.0 Å². The van der Waals surface area contributed by atoms with E-state index in [2.05, 4.69) is 15.5 Å². The van der Waals surface area contributed by atoms with Crippen LogP contribution in [-0.4, -0.2) is 51.9 Å². The average Bonchev–Trinajstić information content (AvgIpc) is 3.48. The lowest BCUT2D eigenvalue weighted by Gasteiger charge is -2.12. The van der Waals surface area contributed by atoms with Crippen LogP contribution in [0.1, 0.15) is 35.0 Å². The highest BCUT2D eigenvalue weighted by atomic mass is 32.1. The minimum absolute atomic E-state index is 0.168. The minimum Gasteiger partial charge on any atom is -0.401 e. The summed E-state index contributed by atoms with van der Waals surface area (Å²) in [4.78, 5) is 20.7. The average molecular weight is 463 g/mol. The summed E-state index contributed by atoms with van der Waals surface area (Å²) in [5.41, 5.74) is 14.2. The molecule has 166 valence electrons. The molecule has 0 saturated carbocycles. The first kappa shape index (κ1) is 23.0. The molecular weight excluding hydrogens is 436 g/mol. The highest BCUT2D eigenvalue weighted by Crippen LogP contribution is 2.35. The molecule has 1 unspecified atom stereocenters. The van der Waals surface area contributed by atoms with Crippen molar-refractivity contribution in [3.63, 3.8) is 0 Å². The lowest BCUT2D eigenvalue weighted by molar-refractivity contribution is -0.117. The number of thiazole rings is 2. The Morgan fingerprint density at radius 2 is 2.32 bits per heavy atom. The zero-order chi connectivity index (χ0) is 22.4. The number of nitrogens with two attached hydrogens (primary N) is 2. The molecule has 5 N–H and O–H groups in total. The number of ether oxygens (including phenoxy) is 1. The quantitative estimate of drug-likeness (QED) is 0.170. The zero-order valence-corrected chi connectivity index (χ0v) is 19.2. The number of aromatic nitrogens is 3. The Morgan fingerprint density at radius 3 is 2.97 bits per heavy atom. The number of amides is 1. The van der Waals surface area contributed by atoms with Crippen LogP contribution in [0.25, 0.3) is 10.3 Å². The van der Waals surface area contributed by atoms with Crippen molar-refractivity contribution in [2.45, 2.75) is 20.0 Å². The smallest absolute Gasteiger partial charge is 0.230 e. The monoisotopic (exact) mass is 462 g/mol. The van der Waals surface area contributed by atoms with Crippen LogP contribution >= 0.6 is 22.7 Å². The van der Waals surface area contributed by atoms with E-state index < -0.39 is 0 Å². The number of carbonyl (C=O) groups is 1.